The van der Waals surface area contributed by atoms with Crippen LogP contribution < -0.4 is 0 Å². The van der Waals surface area contributed by atoms with Gasteiger partial charge in [0.25, 0.3) is 0 Å². The number of hydrogen-bond acceptors (Lipinski definition) is 2. The third-order valence-corrected chi connectivity index (χ3v) is 5.93. The van der Waals surface area contributed by atoms with Crippen molar-refractivity contribution in [1.29, 1.82) is 0 Å². The predicted octanol–water partition coefficient (Wildman–Crippen LogP) is 3.85. The molecule has 0 bridgehead atoms. The second kappa shape index (κ2) is 8.35. The van der Waals surface area contributed by atoms with Gasteiger partial charge in [-0.1, -0.05) is 23.7 Å². The summed E-state index contributed by atoms with van der Waals surface area (Å²) >= 11 is 5.94. The van der Waals surface area contributed by atoms with Gasteiger partial charge < -0.3 is 9.80 Å². The topological polar surface area (TPSA) is 23.6 Å². The number of rotatable bonds is 5. The summed E-state index contributed by atoms with van der Waals surface area (Å²) in [6.07, 6.45) is 6.50. The molecule has 3 nitrogen and oxygen atoms in total. The molecule has 4 heteroatoms. The summed E-state index contributed by atoms with van der Waals surface area (Å²) < 4.78 is 0. The summed E-state index contributed by atoms with van der Waals surface area (Å²) in [5, 5.41) is 0.788. The van der Waals surface area contributed by atoms with E-state index in [9.17, 15) is 4.79 Å². The predicted molar refractivity (Wildman–Crippen MR) is 99.3 cm³/mol. The molecule has 2 saturated heterocycles. The summed E-state index contributed by atoms with van der Waals surface area (Å²) in [6, 6.07) is 8.12. The maximum absolute atomic E-state index is 12.5. The van der Waals surface area contributed by atoms with E-state index in [0.717, 1.165) is 49.7 Å². The zero-order valence-corrected chi connectivity index (χ0v) is 15.5. The Morgan fingerprint density at radius 3 is 2.46 bits per heavy atom. The van der Waals surface area contributed by atoms with Crippen LogP contribution in [-0.4, -0.2) is 48.9 Å². The van der Waals surface area contributed by atoms with Gasteiger partial charge in [-0.05, 0) is 81.8 Å². The Kier molecular flexibility index (Phi) is 6.18. The maximum Gasteiger partial charge on any atom is 0.222 e. The van der Waals surface area contributed by atoms with Crippen LogP contribution in [0.3, 0.4) is 0 Å². The van der Waals surface area contributed by atoms with E-state index >= 15 is 0 Å². The van der Waals surface area contributed by atoms with Gasteiger partial charge in [-0.2, -0.15) is 0 Å². The molecule has 0 radical (unpaired) electrons. The molecule has 0 saturated carbocycles. The lowest BCUT2D eigenvalue weighted by atomic mass is 9.92. The average Bonchev–Trinajstić information content (AvgIpc) is 3.05. The number of benzene rings is 1. The fraction of sp³-hybridized carbons (Fsp3) is 0.650. The molecule has 2 aliphatic heterocycles. The maximum atomic E-state index is 12.5. The highest BCUT2D eigenvalue weighted by Gasteiger charge is 2.27. The molecule has 0 spiro atoms. The fourth-order valence-corrected chi connectivity index (χ4v) is 4.14. The van der Waals surface area contributed by atoms with E-state index in [1.165, 1.54) is 31.5 Å². The van der Waals surface area contributed by atoms with Crippen molar-refractivity contribution in [2.24, 2.45) is 11.8 Å². The summed E-state index contributed by atoms with van der Waals surface area (Å²) in [7, 11) is 2.19. The van der Waals surface area contributed by atoms with Crippen molar-refractivity contribution in [3.8, 4) is 0 Å². The van der Waals surface area contributed by atoms with Crippen LogP contribution >= 0.6 is 11.6 Å². The van der Waals surface area contributed by atoms with Crippen LogP contribution in [0.1, 0.15) is 37.7 Å². The van der Waals surface area contributed by atoms with Gasteiger partial charge >= 0.3 is 0 Å². The normalized spacial score (nSPS) is 22.9. The van der Waals surface area contributed by atoms with Gasteiger partial charge in [-0.15, -0.1) is 0 Å². The second-order valence-corrected chi connectivity index (χ2v) is 8.05. The highest BCUT2D eigenvalue weighted by Crippen LogP contribution is 2.25. The Morgan fingerprint density at radius 1 is 1.08 bits per heavy atom. The van der Waals surface area contributed by atoms with Gasteiger partial charge in [0.15, 0.2) is 0 Å². The number of carbonyl (C=O) groups is 1. The van der Waals surface area contributed by atoms with Crippen molar-refractivity contribution in [2.45, 2.75) is 38.5 Å². The summed E-state index contributed by atoms with van der Waals surface area (Å²) in [5.41, 5.74) is 1.32. The van der Waals surface area contributed by atoms with Gasteiger partial charge in [0.05, 0.1) is 0 Å². The first-order valence-electron chi connectivity index (χ1n) is 9.31. The SMILES string of the molecule is CN1CCC(CCC(=O)N2CCC(Cc3ccc(Cl)cc3)C2)CC1. The third-order valence-electron chi connectivity index (χ3n) is 5.68. The van der Waals surface area contributed by atoms with Gasteiger partial charge in [-0.25, -0.2) is 0 Å². The van der Waals surface area contributed by atoms with Crippen LogP contribution in [0.5, 0.6) is 0 Å². The minimum absolute atomic E-state index is 0.368. The molecule has 1 amide bonds. The van der Waals surface area contributed by atoms with Crippen LogP contribution in [0.4, 0.5) is 0 Å². The van der Waals surface area contributed by atoms with Crippen LogP contribution in [-0.2, 0) is 11.2 Å². The highest BCUT2D eigenvalue weighted by atomic mass is 35.5. The average molecular weight is 349 g/mol. The molecule has 2 aliphatic rings. The fourth-order valence-electron chi connectivity index (χ4n) is 4.02. The molecule has 0 N–H and O–H groups in total. The minimum Gasteiger partial charge on any atom is -0.342 e. The first-order valence-corrected chi connectivity index (χ1v) is 9.68. The van der Waals surface area contributed by atoms with Gasteiger partial charge in [-0.3, -0.25) is 4.79 Å². The van der Waals surface area contributed by atoms with E-state index in [0.29, 0.717) is 11.8 Å². The Morgan fingerprint density at radius 2 is 1.75 bits per heavy atom. The molecule has 0 aromatic heterocycles. The molecule has 3 rings (SSSR count). The monoisotopic (exact) mass is 348 g/mol. The number of hydrogen-bond donors (Lipinski definition) is 0. The van der Waals surface area contributed by atoms with E-state index in [4.69, 9.17) is 11.6 Å². The molecular weight excluding hydrogens is 320 g/mol. The zero-order chi connectivity index (χ0) is 16.9. The van der Waals surface area contributed by atoms with Crippen molar-refractivity contribution >= 4 is 17.5 Å². The molecule has 24 heavy (non-hydrogen) atoms. The van der Waals surface area contributed by atoms with Crippen molar-refractivity contribution < 1.29 is 4.79 Å². The smallest absolute Gasteiger partial charge is 0.222 e. The Bertz CT molecular complexity index is 537. The largest absolute Gasteiger partial charge is 0.342 e. The number of likely N-dealkylation sites (tertiary alicyclic amines) is 2. The number of carbonyl (C=O) groups excluding carboxylic acids is 1. The number of piperidine rings is 1. The first kappa shape index (κ1) is 17.8. The standard InChI is InChI=1S/C20H29ClN2O/c1-22-11-8-16(9-12-22)4-7-20(24)23-13-10-18(15-23)14-17-2-5-19(21)6-3-17/h2-3,5-6,16,18H,4,7-15H2,1H3. The summed E-state index contributed by atoms with van der Waals surface area (Å²) in [5.74, 6) is 1.71. The summed E-state index contributed by atoms with van der Waals surface area (Å²) in [4.78, 5) is 17.0. The second-order valence-electron chi connectivity index (χ2n) is 7.61. The molecule has 2 heterocycles. The number of nitrogens with zero attached hydrogens (tertiary/aromatic N) is 2. The van der Waals surface area contributed by atoms with Crippen molar-refractivity contribution in [2.75, 3.05) is 33.2 Å². The molecule has 1 aromatic rings. The Balaban J connectivity index is 1.40. The molecular formula is C20H29ClN2O. The Hall–Kier alpha value is -1.06. The lowest BCUT2D eigenvalue weighted by Crippen LogP contribution is -2.32. The van der Waals surface area contributed by atoms with Crippen molar-refractivity contribution in [3.63, 3.8) is 0 Å². The molecule has 1 aromatic carbocycles. The van der Waals surface area contributed by atoms with Crippen LogP contribution in [0.2, 0.25) is 5.02 Å². The molecule has 132 valence electrons. The third kappa shape index (κ3) is 4.97. The van der Waals surface area contributed by atoms with Crippen molar-refractivity contribution in [1.82, 2.24) is 9.80 Å². The van der Waals surface area contributed by atoms with E-state index in [1.54, 1.807) is 0 Å². The van der Waals surface area contributed by atoms with Crippen LogP contribution in [0.25, 0.3) is 0 Å². The van der Waals surface area contributed by atoms with E-state index in [1.807, 2.05) is 12.1 Å². The van der Waals surface area contributed by atoms with Crippen LogP contribution in [0, 0.1) is 11.8 Å². The highest BCUT2D eigenvalue weighted by molar-refractivity contribution is 6.30. The van der Waals surface area contributed by atoms with Gasteiger partial charge in [0.2, 0.25) is 5.91 Å². The zero-order valence-electron chi connectivity index (χ0n) is 14.7. The molecule has 1 atom stereocenters. The quantitative estimate of drug-likeness (QED) is 0.806. The van der Waals surface area contributed by atoms with Gasteiger partial charge in [0, 0.05) is 24.5 Å². The van der Waals surface area contributed by atoms with Gasteiger partial charge in [0.1, 0.15) is 0 Å². The molecule has 2 fully saturated rings. The Labute approximate surface area is 151 Å². The number of amides is 1. The van der Waals surface area contributed by atoms with E-state index in [2.05, 4.69) is 29.0 Å². The lowest BCUT2D eigenvalue weighted by molar-refractivity contribution is -0.130. The first-order chi connectivity index (χ1) is 11.6. The van der Waals surface area contributed by atoms with E-state index in [-0.39, 0.29) is 0 Å². The molecule has 0 aliphatic carbocycles. The van der Waals surface area contributed by atoms with Crippen LogP contribution in [0.15, 0.2) is 24.3 Å². The lowest BCUT2D eigenvalue weighted by Gasteiger charge is -2.29. The summed E-state index contributed by atoms with van der Waals surface area (Å²) in [6.45, 7) is 4.23. The van der Waals surface area contributed by atoms with Crippen molar-refractivity contribution in [3.05, 3.63) is 34.9 Å². The van der Waals surface area contributed by atoms with E-state index < -0.39 is 0 Å². The number of halogens is 1. The molecule has 1 unspecified atom stereocenters. The minimum atomic E-state index is 0.368.